The Morgan fingerprint density at radius 3 is 2.39 bits per heavy atom. The SMILES string of the molecule is Cl.Nc1ccc(CCNC(=O)CCOCc2ccccc2)cc1. The number of carbonyl (C=O) groups excluding carboxylic acids is 1. The Bertz CT molecular complexity index is 573. The minimum atomic E-state index is 0. The number of anilines is 1. The fourth-order valence-corrected chi connectivity index (χ4v) is 2.05. The monoisotopic (exact) mass is 334 g/mol. The van der Waals surface area contributed by atoms with Crippen molar-refractivity contribution in [1.29, 1.82) is 0 Å². The second kappa shape index (κ2) is 10.6. The summed E-state index contributed by atoms with van der Waals surface area (Å²) >= 11 is 0. The largest absolute Gasteiger partial charge is 0.399 e. The van der Waals surface area contributed by atoms with Crippen molar-refractivity contribution in [1.82, 2.24) is 5.32 Å². The molecule has 0 fully saturated rings. The number of carbonyl (C=O) groups is 1. The number of nitrogen functional groups attached to an aromatic ring is 1. The first kappa shape index (κ1) is 19.0. The highest BCUT2D eigenvalue weighted by Gasteiger charge is 2.01. The molecule has 0 atom stereocenters. The number of benzene rings is 2. The van der Waals surface area contributed by atoms with Crippen molar-refractivity contribution >= 4 is 24.0 Å². The van der Waals surface area contributed by atoms with Gasteiger partial charge in [-0.2, -0.15) is 0 Å². The van der Waals surface area contributed by atoms with Gasteiger partial charge in [-0.05, 0) is 29.7 Å². The molecule has 0 aromatic heterocycles. The molecule has 23 heavy (non-hydrogen) atoms. The van der Waals surface area contributed by atoms with Crippen LogP contribution in [0.3, 0.4) is 0 Å². The standard InChI is InChI=1S/C18H22N2O2.ClH/c19-17-8-6-15(7-9-17)10-12-20-18(21)11-13-22-14-16-4-2-1-3-5-16;/h1-9H,10-14,19H2,(H,20,21);1H. The Balaban J connectivity index is 0.00000264. The lowest BCUT2D eigenvalue weighted by molar-refractivity contribution is -0.122. The maximum atomic E-state index is 11.7. The molecule has 0 aliphatic rings. The molecular formula is C18H23ClN2O2. The highest BCUT2D eigenvalue weighted by molar-refractivity contribution is 5.85. The van der Waals surface area contributed by atoms with Crippen LogP contribution in [0.25, 0.3) is 0 Å². The molecule has 0 spiro atoms. The van der Waals surface area contributed by atoms with Crippen LogP contribution in [-0.2, 0) is 22.6 Å². The van der Waals surface area contributed by atoms with Crippen molar-refractivity contribution in [2.24, 2.45) is 0 Å². The molecule has 4 nitrogen and oxygen atoms in total. The third-order valence-electron chi connectivity index (χ3n) is 3.30. The summed E-state index contributed by atoms with van der Waals surface area (Å²) in [6, 6.07) is 17.6. The van der Waals surface area contributed by atoms with Crippen LogP contribution in [0.5, 0.6) is 0 Å². The van der Waals surface area contributed by atoms with Crippen molar-refractivity contribution in [3.8, 4) is 0 Å². The average Bonchev–Trinajstić information content (AvgIpc) is 2.54. The number of nitrogens with two attached hydrogens (primary N) is 1. The molecular weight excluding hydrogens is 312 g/mol. The van der Waals surface area contributed by atoms with Crippen LogP contribution in [-0.4, -0.2) is 19.1 Å². The van der Waals surface area contributed by atoms with Crippen LogP contribution in [0, 0.1) is 0 Å². The molecule has 0 aliphatic heterocycles. The number of hydrogen-bond acceptors (Lipinski definition) is 3. The zero-order chi connectivity index (χ0) is 15.6. The topological polar surface area (TPSA) is 64.3 Å². The average molecular weight is 335 g/mol. The van der Waals surface area contributed by atoms with E-state index in [-0.39, 0.29) is 18.3 Å². The van der Waals surface area contributed by atoms with Crippen LogP contribution < -0.4 is 11.1 Å². The molecule has 0 aliphatic carbocycles. The Morgan fingerprint density at radius 2 is 1.70 bits per heavy atom. The zero-order valence-electron chi connectivity index (χ0n) is 13.0. The first-order valence-electron chi connectivity index (χ1n) is 7.47. The molecule has 1 amide bonds. The summed E-state index contributed by atoms with van der Waals surface area (Å²) in [5, 5.41) is 2.89. The molecule has 0 radical (unpaired) electrons. The summed E-state index contributed by atoms with van der Waals surface area (Å²) in [6.07, 6.45) is 1.19. The molecule has 5 heteroatoms. The smallest absolute Gasteiger partial charge is 0.222 e. The van der Waals surface area contributed by atoms with Gasteiger partial charge >= 0.3 is 0 Å². The van der Waals surface area contributed by atoms with E-state index in [4.69, 9.17) is 10.5 Å². The number of halogens is 1. The van der Waals surface area contributed by atoms with Crippen LogP contribution >= 0.6 is 12.4 Å². The first-order valence-corrected chi connectivity index (χ1v) is 7.47. The summed E-state index contributed by atoms with van der Waals surface area (Å²) in [4.78, 5) is 11.7. The lowest BCUT2D eigenvalue weighted by Crippen LogP contribution is -2.26. The minimum absolute atomic E-state index is 0. The number of amides is 1. The molecule has 2 aromatic carbocycles. The van der Waals surface area contributed by atoms with E-state index in [1.54, 1.807) is 0 Å². The lowest BCUT2D eigenvalue weighted by Gasteiger charge is -2.07. The summed E-state index contributed by atoms with van der Waals surface area (Å²) in [7, 11) is 0. The lowest BCUT2D eigenvalue weighted by atomic mass is 10.1. The van der Waals surface area contributed by atoms with E-state index >= 15 is 0 Å². The zero-order valence-corrected chi connectivity index (χ0v) is 13.9. The molecule has 0 heterocycles. The Labute approximate surface area is 143 Å². The summed E-state index contributed by atoms with van der Waals surface area (Å²) in [5.41, 5.74) is 8.66. The third-order valence-corrected chi connectivity index (χ3v) is 3.30. The fraction of sp³-hybridized carbons (Fsp3) is 0.278. The summed E-state index contributed by atoms with van der Waals surface area (Å²) in [5.74, 6) is 0.0171. The Kier molecular flexibility index (Phi) is 8.80. The van der Waals surface area contributed by atoms with E-state index in [9.17, 15) is 4.79 Å². The number of rotatable bonds is 8. The Hall–Kier alpha value is -2.04. The molecule has 0 saturated heterocycles. The predicted octanol–water partition coefficient (Wildman–Crippen LogP) is 2.96. The van der Waals surface area contributed by atoms with Gasteiger partial charge in [0.2, 0.25) is 5.91 Å². The van der Waals surface area contributed by atoms with Crippen LogP contribution in [0.15, 0.2) is 54.6 Å². The van der Waals surface area contributed by atoms with Crippen LogP contribution in [0.1, 0.15) is 17.5 Å². The highest BCUT2D eigenvalue weighted by atomic mass is 35.5. The van der Waals surface area contributed by atoms with Gasteiger partial charge in [0.05, 0.1) is 13.2 Å². The van der Waals surface area contributed by atoms with E-state index < -0.39 is 0 Å². The number of nitrogens with one attached hydrogen (secondary N) is 1. The quantitative estimate of drug-likeness (QED) is 0.576. The van der Waals surface area contributed by atoms with Gasteiger partial charge < -0.3 is 15.8 Å². The van der Waals surface area contributed by atoms with Gasteiger partial charge in [0.25, 0.3) is 0 Å². The van der Waals surface area contributed by atoms with Crippen molar-refractivity contribution in [3.63, 3.8) is 0 Å². The van der Waals surface area contributed by atoms with Gasteiger partial charge in [0, 0.05) is 18.7 Å². The number of hydrogen-bond donors (Lipinski definition) is 2. The van der Waals surface area contributed by atoms with E-state index in [2.05, 4.69) is 5.32 Å². The molecule has 3 N–H and O–H groups in total. The summed E-state index contributed by atoms with van der Waals surface area (Å²) in [6.45, 7) is 1.60. The molecule has 0 unspecified atom stereocenters. The third kappa shape index (κ3) is 7.68. The van der Waals surface area contributed by atoms with Crippen molar-refractivity contribution in [2.75, 3.05) is 18.9 Å². The normalized spacial score (nSPS) is 9.91. The maximum absolute atomic E-state index is 11.7. The maximum Gasteiger partial charge on any atom is 0.222 e. The van der Waals surface area contributed by atoms with Gasteiger partial charge in [-0.3, -0.25) is 4.79 Å². The second-order valence-electron chi connectivity index (χ2n) is 5.13. The van der Waals surface area contributed by atoms with Gasteiger partial charge in [-0.25, -0.2) is 0 Å². The van der Waals surface area contributed by atoms with E-state index in [0.29, 0.717) is 26.2 Å². The fourth-order valence-electron chi connectivity index (χ4n) is 2.05. The predicted molar refractivity (Wildman–Crippen MR) is 95.5 cm³/mol. The summed E-state index contributed by atoms with van der Waals surface area (Å²) < 4.78 is 5.49. The minimum Gasteiger partial charge on any atom is -0.399 e. The van der Waals surface area contributed by atoms with Crippen LogP contribution in [0.4, 0.5) is 5.69 Å². The van der Waals surface area contributed by atoms with Crippen molar-refractivity contribution in [3.05, 3.63) is 65.7 Å². The molecule has 124 valence electrons. The molecule has 2 rings (SSSR count). The molecule has 0 bridgehead atoms. The van der Waals surface area contributed by atoms with Gasteiger partial charge in [-0.15, -0.1) is 12.4 Å². The van der Waals surface area contributed by atoms with Crippen LogP contribution in [0.2, 0.25) is 0 Å². The molecule has 0 saturated carbocycles. The van der Waals surface area contributed by atoms with Crippen molar-refractivity contribution in [2.45, 2.75) is 19.4 Å². The second-order valence-corrected chi connectivity index (χ2v) is 5.13. The van der Waals surface area contributed by atoms with E-state index in [1.165, 1.54) is 0 Å². The van der Waals surface area contributed by atoms with E-state index in [1.807, 2.05) is 54.6 Å². The van der Waals surface area contributed by atoms with Gasteiger partial charge in [-0.1, -0.05) is 42.5 Å². The number of ether oxygens (including phenoxy) is 1. The van der Waals surface area contributed by atoms with Crippen molar-refractivity contribution < 1.29 is 9.53 Å². The highest BCUT2D eigenvalue weighted by Crippen LogP contribution is 2.05. The molecule has 2 aromatic rings. The Morgan fingerprint density at radius 1 is 1.00 bits per heavy atom. The van der Waals surface area contributed by atoms with Gasteiger partial charge in [0.1, 0.15) is 0 Å². The first-order chi connectivity index (χ1) is 10.7. The van der Waals surface area contributed by atoms with E-state index in [0.717, 1.165) is 23.2 Å². The van der Waals surface area contributed by atoms with Gasteiger partial charge in [0.15, 0.2) is 0 Å².